The van der Waals surface area contributed by atoms with Gasteiger partial charge in [0.25, 0.3) is 11.6 Å². The van der Waals surface area contributed by atoms with Crippen molar-refractivity contribution in [1.29, 1.82) is 0 Å². The summed E-state index contributed by atoms with van der Waals surface area (Å²) in [7, 11) is 0. The summed E-state index contributed by atoms with van der Waals surface area (Å²) >= 11 is 9.21. The summed E-state index contributed by atoms with van der Waals surface area (Å²) in [5.41, 5.74) is 1.31. The molecule has 0 aliphatic carbocycles. The molecule has 0 atom stereocenters. The third kappa shape index (κ3) is 3.59. The average Bonchev–Trinajstić information content (AvgIpc) is 2.42. The number of benzene rings is 2. The van der Waals surface area contributed by atoms with E-state index in [4.69, 9.17) is 11.6 Å². The molecule has 0 heterocycles. The van der Waals surface area contributed by atoms with E-state index in [2.05, 4.69) is 21.2 Å². The van der Waals surface area contributed by atoms with Crippen LogP contribution in [0, 0.1) is 17.0 Å². The van der Waals surface area contributed by atoms with Crippen molar-refractivity contribution < 1.29 is 9.72 Å². The van der Waals surface area contributed by atoms with Gasteiger partial charge in [0.15, 0.2) is 0 Å². The number of hydrogen-bond acceptors (Lipinski definition) is 3. The number of hydrogen-bond donors (Lipinski definition) is 1. The molecule has 0 aliphatic rings. The largest absolute Gasteiger partial charge is 0.322 e. The number of rotatable bonds is 3. The predicted molar refractivity (Wildman–Crippen MR) is 84.9 cm³/mol. The molecule has 7 heteroatoms. The molecule has 0 fully saturated rings. The standard InChI is InChI=1S/C14H10BrClN2O3/c1-8-6-9(2-5-13(8)18(20)21)14(19)17-10-3-4-11(15)12(16)7-10/h2-7H,1H3,(H,17,19). The Balaban J connectivity index is 2.22. The Hall–Kier alpha value is -1.92. The van der Waals surface area contributed by atoms with Gasteiger partial charge in [0.2, 0.25) is 0 Å². The van der Waals surface area contributed by atoms with E-state index in [0.717, 1.165) is 4.47 Å². The molecule has 1 N–H and O–H groups in total. The van der Waals surface area contributed by atoms with Crippen LogP contribution in [0.4, 0.5) is 11.4 Å². The molecular weight excluding hydrogens is 360 g/mol. The van der Waals surface area contributed by atoms with E-state index in [1.54, 1.807) is 25.1 Å². The number of nitro groups is 1. The van der Waals surface area contributed by atoms with E-state index in [-0.39, 0.29) is 11.6 Å². The molecule has 0 saturated carbocycles. The van der Waals surface area contributed by atoms with E-state index in [1.165, 1.54) is 18.2 Å². The third-order valence-electron chi connectivity index (χ3n) is 2.83. The highest BCUT2D eigenvalue weighted by molar-refractivity contribution is 9.10. The quantitative estimate of drug-likeness (QED) is 0.636. The molecule has 0 aromatic heterocycles. The van der Waals surface area contributed by atoms with E-state index >= 15 is 0 Å². The number of nitrogens with one attached hydrogen (secondary N) is 1. The van der Waals surface area contributed by atoms with Gasteiger partial charge in [0, 0.05) is 27.4 Å². The zero-order valence-corrected chi connectivity index (χ0v) is 13.2. The van der Waals surface area contributed by atoms with Gasteiger partial charge >= 0.3 is 0 Å². The molecule has 21 heavy (non-hydrogen) atoms. The van der Waals surface area contributed by atoms with Gasteiger partial charge in [-0.2, -0.15) is 0 Å². The maximum atomic E-state index is 12.1. The SMILES string of the molecule is Cc1cc(C(=O)Nc2ccc(Br)c(Cl)c2)ccc1[N+](=O)[O-]. The highest BCUT2D eigenvalue weighted by Crippen LogP contribution is 2.26. The van der Waals surface area contributed by atoms with Crippen LogP contribution in [0.3, 0.4) is 0 Å². The third-order valence-corrected chi connectivity index (χ3v) is 4.07. The molecule has 0 aliphatic heterocycles. The Morgan fingerprint density at radius 2 is 2.00 bits per heavy atom. The van der Waals surface area contributed by atoms with Gasteiger partial charge in [-0.15, -0.1) is 0 Å². The second kappa shape index (κ2) is 6.24. The predicted octanol–water partition coefficient (Wildman–Crippen LogP) is 4.57. The summed E-state index contributed by atoms with van der Waals surface area (Å²) in [6.07, 6.45) is 0. The van der Waals surface area contributed by atoms with Crippen molar-refractivity contribution in [3.8, 4) is 0 Å². The van der Waals surface area contributed by atoms with Gasteiger partial charge in [0.05, 0.1) is 9.95 Å². The number of carbonyl (C=O) groups is 1. The highest BCUT2D eigenvalue weighted by Gasteiger charge is 2.14. The first kappa shape index (κ1) is 15.5. The van der Waals surface area contributed by atoms with Crippen molar-refractivity contribution in [3.05, 3.63) is 67.1 Å². The molecule has 1 amide bonds. The van der Waals surface area contributed by atoms with Crippen LogP contribution in [0.2, 0.25) is 5.02 Å². The van der Waals surface area contributed by atoms with Gasteiger partial charge in [-0.1, -0.05) is 11.6 Å². The fourth-order valence-corrected chi connectivity index (χ4v) is 2.21. The molecule has 108 valence electrons. The summed E-state index contributed by atoms with van der Waals surface area (Å²) in [6.45, 7) is 1.59. The lowest BCUT2D eigenvalue weighted by atomic mass is 10.1. The number of nitrogens with zero attached hydrogens (tertiary/aromatic N) is 1. The van der Waals surface area contributed by atoms with Crippen LogP contribution in [0.1, 0.15) is 15.9 Å². The van der Waals surface area contributed by atoms with Crippen LogP contribution >= 0.6 is 27.5 Å². The molecular formula is C14H10BrClN2O3. The molecule has 0 radical (unpaired) electrons. The monoisotopic (exact) mass is 368 g/mol. The van der Waals surface area contributed by atoms with Crippen molar-refractivity contribution in [2.24, 2.45) is 0 Å². The number of aryl methyl sites for hydroxylation is 1. The minimum Gasteiger partial charge on any atom is -0.322 e. The minimum absolute atomic E-state index is 0.0155. The Morgan fingerprint density at radius 3 is 2.57 bits per heavy atom. The van der Waals surface area contributed by atoms with Crippen molar-refractivity contribution in [1.82, 2.24) is 0 Å². The van der Waals surface area contributed by atoms with Gasteiger partial charge in [-0.05, 0) is 53.2 Å². The fraction of sp³-hybridized carbons (Fsp3) is 0.0714. The minimum atomic E-state index is -0.481. The normalized spacial score (nSPS) is 10.2. The van der Waals surface area contributed by atoms with Gasteiger partial charge in [-0.25, -0.2) is 0 Å². The van der Waals surface area contributed by atoms with Crippen molar-refractivity contribution in [2.75, 3.05) is 5.32 Å². The van der Waals surface area contributed by atoms with Gasteiger partial charge in [0.1, 0.15) is 0 Å². The Labute approximate surface area is 134 Å². The lowest BCUT2D eigenvalue weighted by Gasteiger charge is -2.07. The van der Waals surface area contributed by atoms with Gasteiger partial charge in [-0.3, -0.25) is 14.9 Å². The van der Waals surface area contributed by atoms with E-state index in [1.807, 2.05) is 0 Å². The van der Waals surface area contributed by atoms with Crippen LogP contribution in [-0.4, -0.2) is 10.8 Å². The second-order valence-corrected chi connectivity index (χ2v) is 5.60. The van der Waals surface area contributed by atoms with Crippen molar-refractivity contribution >= 4 is 44.8 Å². The number of nitro benzene ring substituents is 1. The summed E-state index contributed by atoms with van der Waals surface area (Å²) in [6, 6.07) is 9.25. The van der Waals surface area contributed by atoms with Crippen molar-refractivity contribution in [2.45, 2.75) is 6.92 Å². The lowest BCUT2D eigenvalue weighted by molar-refractivity contribution is -0.385. The Morgan fingerprint density at radius 1 is 1.29 bits per heavy atom. The number of anilines is 1. The number of amides is 1. The molecule has 0 saturated heterocycles. The molecule has 2 aromatic carbocycles. The van der Waals surface area contributed by atoms with E-state index in [0.29, 0.717) is 21.8 Å². The van der Waals surface area contributed by atoms with Crippen LogP contribution in [-0.2, 0) is 0 Å². The van der Waals surface area contributed by atoms with E-state index < -0.39 is 4.92 Å². The Kier molecular flexibility index (Phi) is 4.59. The molecule has 0 spiro atoms. The maximum absolute atomic E-state index is 12.1. The first-order valence-electron chi connectivity index (χ1n) is 5.90. The number of carbonyl (C=O) groups excluding carboxylic acids is 1. The van der Waals surface area contributed by atoms with Crippen molar-refractivity contribution in [3.63, 3.8) is 0 Å². The highest BCUT2D eigenvalue weighted by atomic mass is 79.9. The van der Waals surface area contributed by atoms with Crippen LogP contribution in [0.25, 0.3) is 0 Å². The topological polar surface area (TPSA) is 72.2 Å². The fourth-order valence-electron chi connectivity index (χ4n) is 1.78. The smallest absolute Gasteiger partial charge is 0.272 e. The lowest BCUT2D eigenvalue weighted by Crippen LogP contribution is -2.12. The maximum Gasteiger partial charge on any atom is 0.272 e. The summed E-state index contributed by atoms with van der Waals surface area (Å²) in [5.74, 6) is -0.355. The summed E-state index contributed by atoms with van der Waals surface area (Å²) in [4.78, 5) is 22.4. The van der Waals surface area contributed by atoms with Crippen LogP contribution in [0.15, 0.2) is 40.9 Å². The molecule has 5 nitrogen and oxygen atoms in total. The molecule has 2 rings (SSSR count). The summed E-state index contributed by atoms with van der Waals surface area (Å²) in [5, 5.41) is 13.9. The second-order valence-electron chi connectivity index (χ2n) is 4.34. The van der Waals surface area contributed by atoms with E-state index in [9.17, 15) is 14.9 Å². The molecule has 0 bridgehead atoms. The molecule has 0 unspecified atom stereocenters. The Bertz CT molecular complexity index is 734. The molecule has 2 aromatic rings. The van der Waals surface area contributed by atoms with Crippen LogP contribution in [0.5, 0.6) is 0 Å². The first-order valence-corrected chi connectivity index (χ1v) is 7.07. The van der Waals surface area contributed by atoms with Crippen LogP contribution < -0.4 is 5.32 Å². The zero-order chi connectivity index (χ0) is 15.6. The average molecular weight is 370 g/mol. The first-order chi connectivity index (χ1) is 9.88. The number of halogens is 2. The zero-order valence-electron chi connectivity index (χ0n) is 10.9. The van der Waals surface area contributed by atoms with Gasteiger partial charge < -0.3 is 5.32 Å². The summed E-state index contributed by atoms with van der Waals surface area (Å²) < 4.78 is 0.730.